The molecule has 0 N–H and O–H groups in total. The molecule has 0 spiro atoms. The van der Waals surface area contributed by atoms with Crippen LogP contribution in [0.2, 0.25) is 5.02 Å². The van der Waals surface area contributed by atoms with Gasteiger partial charge in [-0.15, -0.1) is 0 Å². The van der Waals surface area contributed by atoms with Gasteiger partial charge in [0.1, 0.15) is 0 Å². The van der Waals surface area contributed by atoms with Gasteiger partial charge < -0.3 is 9.30 Å². The number of fused-ring (bicyclic) bond motifs is 1. The molecule has 0 radical (unpaired) electrons. The number of rotatable bonds is 7. The third-order valence-corrected chi connectivity index (χ3v) is 5.97. The molecule has 8 nitrogen and oxygen atoms in total. The van der Waals surface area contributed by atoms with E-state index in [9.17, 15) is 14.4 Å². The van der Waals surface area contributed by atoms with Crippen molar-refractivity contribution in [1.82, 2.24) is 18.7 Å². The Bertz CT molecular complexity index is 1470. The van der Waals surface area contributed by atoms with Gasteiger partial charge in [-0.25, -0.2) is 19.1 Å². The van der Waals surface area contributed by atoms with Crippen LogP contribution in [0.1, 0.15) is 36.2 Å². The second-order valence-electron chi connectivity index (χ2n) is 8.44. The van der Waals surface area contributed by atoms with Crippen molar-refractivity contribution in [3.8, 4) is 5.69 Å². The van der Waals surface area contributed by atoms with Gasteiger partial charge in [-0.2, -0.15) is 0 Å². The van der Waals surface area contributed by atoms with Gasteiger partial charge >= 0.3 is 11.7 Å². The number of hydrogen-bond donors (Lipinski definition) is 0. The smallest absolute Gasteiger partial charge is 0.337 e. The number of methoxy groups -OCH3 is 1. The fourth-order valence-corrected chi connectivity index (χ4v) is 4.02. The Morgan fingerprint density at radius 3 is 2.44 bits per heavy atom. The van der Waals surface area contributed by atoms with Crippen molar-refractivity contribution in [2.45, 2.75) is 33.4 Å². The van der Waals surface area contributed by atoms with Crippen molar-refractivity contribution < 1.29 is 9.53 Å². The largest absolute Gasteiger partial charge is 0.465 e. The zero-order valence-corrected chi connectivity index (χ0v) is 20.0. The first-order valence-electron chi connectivity index (χ1n) is 10.9. The fraction of sp³-hybridized carbons (Fsp3) is 0.280. The van der Waals surface area contributed by atoms with Gasteiger partial charge in [-0.1, -0.05) is 49.7 Å². The second kappa shape index (κ2) is 9.69. The van der Waals surface area contributed by atoms with E-state index in [0.717, 1.165) is 5.56 Å². The van der Waals surface area contributed by atoms with Gasteiger partial charge in [-0.05, 0) is 42.2 Å². The second-order valence-corrected chi connectivity index (χ2v) is 8.85. The van der Waals surface area contributed by atoms with Crippen LogP contribution in [0.4, 0.5) is 0 Å². The van der Waals surface area contributed by atoms with Crippen molar-refractivity contribution in [1.29, 1.82) is 0 Å². The monoisotopic (exact) mass is 480 g/mol. The maximum atomic E-state index is 13.5. The molecule has 4 aromatic rings. The lowest BCUT2D eigenvalue weighted by molar-refractivity contribution is 0.0600. The summed E-state index contributed by atoms with van der Waals surface area (Å²) >= 11 is 6.42. The Labute approximate surface area is 201 Å². The minimum Gasteiger partial charge on any atom is -0.465 e. The average molecular weight is 481 g/mol. The van der Waals surface area contributed by atoms with E-state index in [1.54, 1.807) is 59.4 Å². The molecule has 9 heteroatoms. The van der Waals surface area contributed by atoms with E-state index in [-0.39, 0.29) is 12.2 Å². The van der Waals surface area contributed by atoms with E-state index in [1.807, 2.05) is 13.8 Å². The molecule has 2 aromatic heterocycles. The van der Waals surface area contributed by atoms with E-state index in [0.29, 0.717) is 40.7 Å². The first-order valence-corrected chi connectivity index (χ1v) is 11.3. The quantitative estimate of drug-likeness (QED) is 0.374. The van der Waals surface area contributed by atoms with Crippen molar-refractivity contribution in [2.75, 3.05) is 7.11 Å². The summed E-state index contributed by atoms with van der Waals surface area (Å²) in [6, 6.07) is 13.9. The van der Waals surface area contributed by atoms with Crippen LogP contribution in [0.3, 0.4) is 0 Å². The van der Waals surface area contributed by atoms with E-state index >= 15 is 0 Å². The number of nitrogens with zero attached hydrogens (tertiary/aromatic N) is 4. The van der Waals surface area contributed by atoms with Crippen LogP contribution in [0.15, 0.2) is 64.4 Å². The molecule has 0 bridgehead atoms. The maximum absolute atomic E-state index is 13.5. The summed E-state index contributed by atoms with van der Waals surface area (Å²) in [5.41, 5.74) is 1.44. The molecule has 0 aliphatic rings. The molecule has 0 aliphatic carbocycles. The molecule has 0 saturated heterocycles. The summed E-state index contributed by atoms with van der Waals surface area (Å²) in [7, 11) is 1.33. The SMILES string of the molecule is COC(=O)c1ccc(Cn2cnc3c2c(=O)n(CCC(C)C)c(=O)n3-c2ccccc2Cl)cc1. The van der Waals surface area contributed by atoms with Crippen LogP contribution in [-0.4, -0.2) is 31.8 Å². The van der Waals surface area contributed by atoms with E-state index in [1.165, 1.54) is 16.2 Å². The molecule has 0 amide bonds. The molecular formula is C25H25ClN4O4. The van der Waals surface area contributed by atoms with Crippen LogP contribution in [-0.2, 0) is 17.8 Å². The fourth-order valence-electron chi connectivity index (χ4n) is 3.80. The number of hydrogen-bond acceptors (Lipinski definition) is 5. The van der Waals surface area contributed by atoms with Gasteiger partial charge in [0.05, 0.1) is 29.7 Å². The number of benzene rings is 2. The molecule has 0 atom stereocenters. The van der Waals surface area contributed by atoms with Gasteiger partial charge in [-0.3, -0.25) is 9.36 Å². The summed E-state index contributed by atoms with van der Waals surface area (Å²) in [6.07, 6.45) is 2.21. The number of aromatic nitrogens is 4. The zero-order valence-electron chi connectivity index (χ0n) is 19.2. The molecule has 0 aliphatic heterocycles. The molecule has 2 heterocycles. The Kier molecular flexibility index (Phi) is 6.70. The van der Waals surface area contributed by atoms with Crippen molar-refractivity contribution >= 4 is 28.7 Å². The highest BCUT2D eigenvalue weighted by Gasteiger charge is 2.20. The van der Waals surface area contributed by atoms with Crippen molar-refractivity contribution in [2.24, 2.45) is 5.92 Å². The van der Waals surface area contributed by atoms with Gasteiger partial charge in [0.25, 0.3) is 5.56 Å². The van der Waals surface area contributed by atoms with Crippen LogP contribution in [0.25, 0.3) is 16.9 Å². The standard InChI is InChI=1S/C25H25ClN4O4/c1-16(2)12-13-29-23(31)21-22(30(25(29)33)20-7-5-4-6-19(20)26)27-15-28(21)14-17-8-10-18(11-9-17)24(32)34-3/h4-11,15-16H,12-14H2,1-3H3. The molecule has 4 rings (SSSR count). The van der Waals surface area contributed by atoms with Crippen LogP contribution in [0.5, 0.6) is 0 Å². The van der Waals surface area contributed by atoms with Crippen LogP contribution in [0, 0.1) is 5.92 Å². The highest BCUT2D eigenvalue weighted by molar-refractivity contribution is 6.32. The summed E-state index contributed by atoms with van der Waals surface area (Å²) in [4.78, 5) is 43.1. The molecule has 2 aromatic carbocycles. The highest BCUT2D eigenvalue weighted by atomic mass is 35.5. The van der Waals surface area contributed by atoms with Crippen molar-refractivity contribution in [3.63, 3.8) is 0 Å². The number of para-hydroxylation sites is 1. The molecule has 0 fully saturated rings. The molecule has 34 heavy (non-hydrogen) atoms. The number of imidazole rings is 1. The van der Waals surface area contributed by atoms with E-state index in [2.05, 4.69) is 4.98 Å². The Balaban J connectivity index is 1.89. The summed E-state index contributed by atoms with van der Waals surface area (Å²) in [6.45, 7) is 4.70. The van der Waals surface area contributed by atoms with E-state index in [4.69, 9.17) is 16.3 Å². The molecule has 0 unspecified atom stereocenters. The lowest BCUT2D eigenvalue weighted by Crippen LogP contribution is -2.40. The predicted octanol–water partition coefficient (Wildman–Crippen LogP) is 3.88. The molecular weight excluding hydrogens is 456 g/mol. The molecule has 0 saturated carbocycles. The number of ether oxygens (including phenoxy) is 1. The summed E-state index contributed by atoms with van der Waals surface area (Å²) in [5, 5.41) is 0.382. The van der Waals surface area contributed by atoms with Gasteiger partial charge in [0, 0.05) is 13.1 Å². The van der Waals surface area contributed by atoms with Gasteiger partial charge in [0.2, 0.25) is 0 Å². The third-order valence-electron chi connectivity index (χ3n) is 5.65. The summed E-state index contributed by atoms with van der Waals surface area (Å²) < 4.78 is 9.11. The maximum Gasteiger partial charge on any atom is 0.337 e. The van der Waals surface area contributed by atoms with Crippen molar-refractivity contribution in [3.05, 3.63) is 91.8 Å². The first kappa shape index (κ1) is 23.5. The van der Waals surface area contributed by atoms with E-state index < -0.39 is 17.2 Å². The normalized spacial score (nSPS) is 11.3. The number of carbonyl (C=O) groups excluding carboxylic acids is 1. The zero-order chi connectivity index (χ0) is 24.4. The van der Waals surface area contributed by atoms with Crippen LogP contribution >= 0.6 is 11.6 Å². The minimum atomic E-state index is -0.473. The highest BCUT2D eigenvalue weighted by Crippen LogP contribution is 2.22. The van der Waals surface area contributed by atoms with Gasteiger partial charge in [0.15, 0.2) is 11.2 Å². The third kappa shape index (κ3) is 4.41. The van der Waals surface area contributed by atoms with Crippen LogP contribution < -0.4 is 11.2 Å². The summed E-state index contributed by atoms with van der Waals surface area (Å²) in [5.74, 6) is -0.106. The predicted molar refractivity (Wildman–Crippen MR) is 131 cm³/mol. The first-order chi connectivity index (χ1) is 16.3. The Morgan fingerprint density at radius 1 is 1.09 bits per heavy atom. The topological polar surface area (TPSA) is 88.1 Å². The minimum absolute atomic E-state index is 0.245. The number of halogens is 1. The number of esters is 1. The Hall–Kier alpha value is -3.65. The average Bonchev–Trinajstić information content (AvgIpc) is 3.23. The lowest BCUT2D eigenvalue weighted by atomic mass is 10.1. The number of carbonyl (C=O) groups is 1. The lowest BCUT2D eigenvalue weighted by Gasteiger charge is -2.14. The molecule has 176 valence electrons. The Morgan fingerprint density at radius 2 is 1.79 bits per heavy atom.